The van der Waals surface area contributed by atoms with Crippen molar-refractivity contribution < 1.29 is 19.0 Å². The van der Waals surface area contributed by atoms with E-state index in [2.05, 4.69) is 5.32 Å². The quantitative estimate of drug-likeness (QED) is 0.942. The van der Waals surface area contributed by atoms with Gasteiger partial charge in [-0.05, 0) is 36.2 Å². The molecule has 0 spiro atoms. The van der Waals surface area contributed by atoms with Crippen molar-refractivity contribution in [1.82, 2.24) is 5.32 Å². The number of hydrogen-bond donors (Lipinski definition) is 1. The maximum Gasteiger partial charge on any atom is 0.412 e. The Morgan fingerprint density at radius 1 is 1.04 bits per heavy atom. The lowest BCUT2D eigenvalue weighted by atomic mass is 10.1. The predicted molar refractivity (Wildman–Crippen MR) is 86.2 cm³/mol. The van der Waals surface area contributed by atoms with Crippen molar-refractivity contribution in [2.24, 2.45) is 0 Å². The van der Waals surface area contributed by atoms with Gasteiger partial charge in [0.2, 0.25) is 0 Å². The highest BCUT2D eigenvalue weighted by Crippen LogP contribution is 2.30. The molecule has 0 fully saturated rings. The molecule has 0 bridgehead atoms. The van der Waals surface area contributed by atoms with Crippen LogP contribution in [0.15, 0.2) is 48.5 Å². The Bertz CT molecular complexity index is 657. The van der Waals surface area contributed by atoms with E-state index >= 15 is 0 Å². The highest BCUT2D eigenvalue weighted by molar-refractivity contribution is 5.70. The molecule has 0 aromatic heterocycles. The van der Waals surface area contributed by atoms with Crippen LogP contribution in [-0.2, 0) is 6.42 Å². The molecule has 5 nitrogen and oxygen atoms in total. The number of hydrogen-bond acceptors (Lipinski definition) is 4. The molecule has 5 heteroatoms. The molecule has 1 heterocycles. The summed E-state index contributed by atoms with van der Waals surface area (Å²) in [5.74, 6) is 2.08. The Kier molecular flexibility index (Phi) is 4.99. The van der Waals surface area contributed by atoms with Gasteiger partial charge in [0.25, 0.3) is 0 Å². The lowest BCUT2D eigenvalue weighted by Gasteiger charge is -2.10. The first kappa shape index (κ1) is 15.2. The predicted octanol–water partition coefficient (Wildman–Crippen LogP) is 3.18. The number of fused-ring (bicyclic) bond motifs is 1. The molecule has 0 saturated heterocycles. The molecule has 2 aromatic rings. The first-order chi connectivity index (χ1) is 11.3. The van der Waals surface area contributed by atoms with Gasteiger partial charge in [-0.2, -0.15) is 0 Å². The van der Waals surface area contributed by atoms with Crippen LogP contribution in [0, 0.1) is 0 Å². The number of amides is 1. The number of rotatable bonds is 4. The lowest BCUT2D eigenvalue weighted by Crippen LogP contribution is -2.28. The van der Waals surface area contributed by atoms with E-state index in [0.717, 1.165) is 23.5 Å². The van der Waals surface area contributed by atoms with Gasteiger partial charge in [0, 0.05) is 13.0 Å². The fourth-order valence-corrected chi connectivity index (χ4v) is 2.30. The van der Waals surface area contributed by atoms with E-state index < -0.39 is 6.09 Å². The van der Waals surface area contributed by atoms with Gasteiger partial charge in [-0.15, -0.1) is 0 Å². The summed E-state index contributed by atoms with van der Waals surface area (Å²) in [5.41, 5.74) is 1.08. The van der Waals surface area contributed by atoms with Crippen LogP contribution in [0.3, 0.4) is 0 Å². The Balaban J connectivity index is 1.49. The van der Waals surface area contributed by atoms with Gasteiger partial charge in [-0.1, -0.05) is 24.3 Å². The molecule has 120 valence electrons. The smallest absolute Gasteiger partial charge is 0.412 e. The van der Waals surface area contributed by atoms with Gasteiger partial charge in [-0.25, -0.2) is 4.79 Å². The van der Waals surface area contributed by atoms with Crippen LogP contribution in [0.1, 0.15) is 12.0 Å². The lowest BCUT2D eigenvalue weighted by molar-refractivity contribution is 0.200. The van der Waals surface area contributed by atoms with Gasteiger partial charge in [0.05, 0.1) is 13.2 Å². The number of benzene rings is 2. The van der Waals surface area contributed by atoms with E-state index in [-0.39, 0.29) is 0 Å². The third kappa shape index (κ3) is 4.39. The molecule has 0 atom stereocenters. The van der Waals surface area contributed by atoms with Crippen molar-refractivity contribution in [3.8, 4) is 17.2 Å². The Morgan fingerprint density at radius 3 is 2.65 bits per heavy atom. The largest absolute Gasteiger partial charge is 0.490 e. The average molecular weight is 313 g/mol. The van der Waals surface area contributed by atoms with E-state index in [1.165, 1.54) is 0 Å². The third-order valence-electron chi connectivity index (χ3n) is 3.45. The summed E-state index contributed by atoms with van der Waals surface area (Å²) >= 11 is 0. The van der Waals surface area contributed by atoms with Gasteiger partial charge < -0.3 is 19.5 Å². The zero-order valence-corrected chi connectivity index (χ0v) is 12.8. The summed E-state index contributed by atoms with van der Waals surface area (Å²) in [4.78, 5) is 11.7. The first-order valence-corrected chi connectivity index (χ1v) is 7.70. The van der Waals surface area contributed by atoms with E-state index in [1.807, 2.05) is 36.4 Å². The van der Waals surface area contributed by atoms with Crippen LogP contribution in [0.4, 0.5) is 4.79 Å². The summed E-state index contributed by atoms with van der Waals surface area (Å²) in [6, 6.07) is 14.9. The fourth-order valence-electron chi connectivity index (χ4n) is 2.30. The average Bonchev–Trinajstić information content (AvgIpc) is 2.80. The van der Waals surface area contributed by atoms with Crippen molar-refractivity contribution in [2.45, 2.75) is 12.8 Å². The Hall–Kier alpha value is -2.69. The van der Waals surface area contributed by atoms with Crippen molar-refractivity contribution in [3.05, 3.63) is 54.1 Å². The number of para-hydroxylation sites is 1. The molecule has 1 aliphatic rings. The van der Waals surface area contributed by atoms with E-state index in [0.29, 0.717) is 31.9 Å². The molecule has 0 saturated carbocycles. The number of ether oxygens (including phenoxy) is 3. The van der Waals surface area contributed by atoms with Crippen LogP contribution in [0.25, 0.3) is 0 Å². The summed E-state index contributed by atoms with van der Waals surface area (Å²) < 4.78 is 16.4. The molecular formula is C18H19NO4. The van der Waals surface area contributed by atoms with Gasteiger partial charge in [-0.3, -0.25) is 0 Å². The summed E-state index contributed by atoms with van der Waals surface area (Å²) in [6.07, 6.45) is 1.13. The maximum absolute atomic E-state index is 11.7. The molecule has 1 aliphatic heterocycles. The monoisotopic (exact) mass is 313 g/mol. The van der Waals surface area contributed by atoms with E-state index in [9.17, 15) is 4.79 Å². The molecule has 1 N–H and O–H groups in total. The summed E-state index contributed by atoms with van der Waals surface area (Å²) in [7, 11) is 0. The minimum absolute atomic E-state index is 0.453. The summed E-state index contributed by atoms with van der Waals surface area (Å²) in [6.45, 7) is 1.84. The van der Waals surface area contributed by atoms with Crippen LogP contribution < -0.4 is 19.5 Å². The SMILES string of the molecule is O=C(NCCc1ccc2c(c1)OCCCO2)Oc1ccccc1. The minimum Gasteiger partial charge on any atom is -0.490 e. The number of carbonyl (C=O) groups is 1. The van der Waals surface area contributed by atoms with Crippen molar-refractivity contribution in [2.75, 3.05) is 19.8 Å². The second-order valence-electron chi connectivity index (χ2n) is 5.21. The fraction of sp³-hybridized carbons (Fsp3) is 0.278. The Morgan fingerprint density at radius 2 is 1.83 bits per heavy atom. The number of carbonyl (C=O) groups excluding carboxylic acids is 1. The summed E-state index contributed by atoms with van der Waals surface area (Å²) in [5, 5.41) is 2.74. The van der Waals surface area contributed by atoms with Gasteiger partial charge in [0.15, 0.2) is 11.5 Å². The maximum atomic E-state index is 11.7. The van der Waals surface area contributed by atoms with E-state index in [4.69, 9.17) is 14.2 Å². The van der Waals surface area contributed by atoms with Gasteiger partial charge in [0.1, 0.15) is 5.75 Å². The molecule has 3 rings (SSSR count). The third-order valence-corrected chi connectivity index (χ3v) is 3.45. The molecule has 0 aliphatic carbocycles. The molecule has 2 aromatic carbocycles. The standard InChI is InChI=1S/C18H19NO4/c20-18(23-15-5-2-1-3-6-15)19-10-9-14-7-8-16-17(13-14)22-12-4-11-21-16/h1-3,5-8,13H,4,9-12H2,(H,19,20). The second kappa shape index (κ2) is 7.54. The van der Waals surface area contributed by atoms with Crippen molar-refractivity contribution >= 4 is 6.09 Å². The van der Waals surface area contributed by atoms with Crippen LogP contribution in [-0.4, -0.2) is 25.9 Å². The first-order valence-electron chi connectivity index (χ1n) is 7.70. The highest BCUT2D eigenvalue weighted by Gasteiger charge is 2.11. The van der Waals surface area contributed by atoms with Crippen LogP contribution in [0.5, 0.6) is 17.2 Å². The minimum atomic E-state index is -0.453. The van der Waals surface area contributed by atoms with Crippen LogP contribution in [0.2, 0.25) is 0 Å². The van der Waals surface area contributed by atoms with Crippen LogP contribution >= 0.6 is 0 Å². The second-order valence-corrected chi connectivity index (χ2v) is 5.21. The van der Waals surface area contributed by atoms with E-state index in [1.54, 1.807) is 12.1 Å². The van der Waals surface area contributed by atoms with Crippen molar-refractivity contribution in [3.63, 3.8) is 0 Å². The number of nitrogens with one attached hydrogen (secondary N) is 1. The molecule has 1 amide bonds. The molecular weight excluding hydrogens is 294 g/mol. The van der Waals surface area contributed by atoms with Gasteiger partial charge >= 0.3 is 6.09 Å². The molecule has 23 heavy (non-hydrogen) atoms. The zero-order valence-electron chi connectivity index (χ0n) is 12.8. The highest BCUT2D eigenvalue weighted by atomic mass is 16.6. The molecule has 0 unspecified atom stereocenters. The zero-order chi connectivity index (χ0) is 15.9. The Labute approximate surface area is 135 Å². The topological polar surface area (TPSA) is 56.8 Å². The van der Waals surface area contributed by atoms with Crippen molar-refractivity contribution in [1.29, 1.82) is 0 Å². The normalized spacial score (nSPS) is 13.0. The molecule has 0 radical (unpaired) electrons.